The number of fused-ring (bicyclic) bond motifs is 1. The van der Waals surface area contributed by atoms with Crippen molar-refractivity contribution >= 4 is 22.9 Å². The van der Waals surface area contributed by atoms with E-state index >= 15 is 0 Å². The van der Waals surface area contributed by atoms with Crippen molar-refractivity contribution in [1.29, 1.82) is 0 Å². The van der Waals surface area contributed by atoms with E-state index in [4.69, 9.17) is 11.5 Å². The molecule has 0 amide bonds. The van der Waals surface area contributed by atoms with E-state index in [2.05, 4.69) is 27.0 Å². The van der Waals surface area contributed by atoms with E-state index in [1.807, 2.05) is 16.8 Å². The summed E-state index contributed by atoms with van der Waals surface area (Å²) in [6.07, 6.45) is 4.45. The van der Waals surface area contributed by atoms with E-state index in [0.717, 1.165) is 13.0 Å². The zero-order chi connectivity index (χ0) is 13.4. The van der Waals surface area contributed by atoms with E-state index in [0.29, 0.717) is 17.1 Å². The van der Waals surface area contributed by atoms with Gasteiger partial charge in [-0.1, -0.05) is 6.92 Å². The summed E-state index contributed by atoms with van der Waals surface area (Å²) >= 11 is 0. The highest BCUT2D eigenvalue weighted by Crippen LogP contribution is 2.22. The number of nitrogens with two attached hydrogens (primary N) is 2. The molecule has 0 atom stereocenters. The average molecular weight is 258 g/mol. The quantitative estimate of drug-likeness (QED) is 0.710. The van der Waals surface area contributed by atoms with Crippen LogP contribution < -0.4 is 11.5 Å². The first-order valence-corrected chi connectivity index (χ1v) is 6.00. The smallest absolute Gasteiger partial charge is 0.233 e. The van der Waals surface area contributed by atoms with Gasteiger partial charge in [-0.15, -0.1) is 0 Å². The maximum absolute atomic E-state index is 5.85. The van der Waals surface area contributed by atoms with Crippen LogP contribution in [0.5, 0.6) is 0 Å². The summed E-state index contributed by atoms with van der Waals surface area (Å²) in [7, 11) is 0. The minimum atomic E-state index is 0.147. The maximum Gasteiger partial charge on any atom is 0.233 e. The van der Waals surface area contributed by atoms with Gasteiger partial charge in [0.1, 0.15) is 0 Å². The molecule has 0 aromatic carbocycles. The van der Waals surface area contributed by atoms with Crippen LogP contribution in [0.4, 0.5) is 11.8 Å². The van der Waals surface area contributed by atoms with Crippen LogP contribution in [0.1, 0.15) is 13.3 Å². The number of hydrogen-bond acceptors (Lipinski definition) is 6. The fraction of sp³-hybridized carbons (Fsp3) is 0.273. The second kappa shape index (κ2) is 4.23. The molecule has 0 saturated heterocycles. The molecule has 0 aliphatic carbocycles. The SMILES string of the molecule is CCCn1c(-n2cccn2)nc2c(N)nc(N)nc21. The third kappa shape index (κ3) is 1.77. The lowest BCUT2D eigenvalue weighted by Gasteiger charge is -2.06. The number of imidazole rings is 1. The van der Waals surface area contributed by atoms with Crippen LogP contribution in [-0.2, 0) is 6.54 Å². The van der Waals surface area contributed by atoms with Crippen molar-refractivity contribution in [2.75, 3.05) is 11.5 Å². The lowest BCUT2D eigenvalue weighted by Crippen LogP contribution is -2.08. The summed E-state index contributed by atoms with van der Waals surface area (Å²) in [5.74, 6) is 1.09. The number of rotatable bonds is 3. The van der Waals surface area contributed by atoms with E-state index in [1.54, 1.807) is 10.9 Å². The van der Waals surface area contributed by atoms with Crippen molar-refractivity contribution in [3.63, 3.8) is 0 Å². The Morgan fingerprint density at radius 2 is 2.05 bits per heavy atom. The highest BCUT2D eigenvalue weighted by molar-refractivity contribution is 5.84. The zero-order valence-electron chi connectivity index (χ0n) is 10.5. The minimum absolute atomic E-state index is 0.147. The molecule has 0 fully saturated rings. The first kappa shape index (κ1) is 11.5. The van der Waals surface area contributed by atoms with Crippen molar-refractivity contribution in [2.45, 2.75) is 19.9 Å². The molecule has 0 saturated carbocycles. The van der Waals surface area contributed by atoms with Gasteiger partial charge in [0.05, 0.1) is 0 Å². The molecule has 0 radical (unpaired) electrons. The molecule has 0 spiro atoms. The monoisotopic (exact) mass is 258 g/mol. The molecule has 3 aromatic heterocycles. The van der Waals surface area contributed by atoms with Crippen LogP contribution >= 0.6 is 0 Å². The third-order valence-corrected chi connectivity index (χ3v) is 2.78. The van der Waals surface area contributed by atoms with E-state index in [9.17, 15) is 0 Å². The fourth-order valence-electron chi connectivity index (χ4n) is 2.02. The first-order chi connectivity index (χ1) is 9.20. The van der Waals surface area contributed by atoms with Crippen LogP contribution in [0.3, 0.4) is 0 Å². The second-order valence-electron chi connectivity index (χ2n) is 4.15. The van der Waals surface area contributed by atoms with Crippen LogP contribution in [0.25, 0.3) is 17.1 Å². The van der Waals surface area contributed by atoms with Gasteiger partial charge in [0.25, 0.3) is 0 Å². The summed E-state index contributed by atoms with van der Waals surface area (Å²) in [6, 6.07) is 1.83. The van der Waals surface area contributed by atoms with Crippen molar-refractivity contribution < 1.29 is 0 Å². The molecule has 19 heavy (non-hydrogen) atoms. The molecule has 0 aliphatic heterocycles. The van der Waals surface area contributed by atoms with Gasteiger partial charge < -0.3 is 11.5 Å². The Balaban J connectivity index is 2.33. The number of nitrogens with zero attached hydrogens (tertiary/aromatic N) is 6. The highest BCUT2D eigenvalue weighted by atomic mass is 15.4. The van der Waals surface area contributed by atoms with Gasteiger partial charge in [0, 0.05) is 18.9 Å². The fourth-order valence-corrected chi connectivity index (χ4v) is 2.02. The van der Waals surface area contributed by atoms with E-state index in [-0.39, 0.29) is 11.8 Å². The molecule has 4 N–H and O–H groups in total. The van der Waals surface area contributed by atoms with Crippen molar-refractivity contribution in [2.24, 2.45) is 0 Å². The van der Waals surface area contributed by atoms with Gasteiger partial charge in [0.15, 0.2) is 17.0 Å². The molecule has 0 bridgehead atoms. The molecular weight excluding hydrogens is 244 g/mol. The number of aryl methyl sites for hydroxylation is 1. The number of anilines is 2. The van der Waals surface area contributed by atoms with Gasteiger partial charge in [-0.05, 0) is 12.5 Å². The zero-order valence-corrected chi connectivity index (χ0v) is 10.5. The molecule has 8 nitrogen and oxygen atoms in total. The number of hydrogen-bond donors (Lipinski definition) is 2. The maximum atomic E-state index is 5.85. The van der Waals surface area contributed by atoms with Crippen molar-refractivity contribution in [1.82, 2.24) is 29.3 Å². The predicted octanol–water partition coefficient (Wildman–Crippen LogP) is 0.586. The van der Waals surface area contributed by atoms with Gasteiger partial charge in [-0.25, -0.2) is 9.67 Å². The number of nitrogen functional groups attached to an aromatic ring is 2. The average Bonchev–Trinajstić information content (AvgIpc) is 2.98. The molecule has 3 aromatic rings. The van der Waals surface area contributed by atoms with Crippen molar-refractivity contribution in [3.8, 4) is 5.95 Å². The Bertz CT molecular complexity index is 712. The lowest BCUT2D eigenvalue weighted by molar-refractivity contribution is 0.647. The van der Waals surface area contributed by atoms with Crippen LogP contribution in [-0.4, -0.2) is 29.3 Å². The van der Waals surface area contributed by atoms with Gasteiger partial charge in [-0.3, -0.25) is 4.57 Å². The summed E-state index contributed by atoms with van der Waals surface area (Å²) < 4.78 is 3.61. The highest BCUT2D eigenvalue weighted by Gasteiger charge is 2.16. The third-order valence-electron chi connectivity index (χ3n) is 2.78. The summed E-state index contributed by atoms with van der Waals surface area (Å²) in [5, 5.41) is 4.19. The standard InChI is InChI=1S/C11H14N8/c1-2-5-18-9-7(8(12)16-10(13)17-9)15-11(18)19-6-3-4-14-19/h3-4,6H,2,5H2,1H3,(H4,12,13,16,17). The van der Waals surface area contributed by atoms with Gasteiger partial charge in [-0.2, -0.15) is 15.1 Å². The first-order valence-electron chi connectivity index (χ1n) is 6.00. The lowest BCUT2D eigenvalue weighted by atomic mass is 10.4. The van der Waals surface area contributed by atoms with Crippen LogP contribution in [0, 0.1) is 0 Å². The molecule has 98 valence electrons. The van der Waals surface area contributed by atoms with E-state index < -0.39 is 0 Å². The Kier molecular flexibility index (Phi) is 2.55. The van der Waals surface area contributed by atoms with Crippen LogP contribution in [0.15, 0.2) is 18.5 Å². The molecule has 8 heteroatoms. The topological polar surface area (TPSA) is 113 Å². The molecule has 0 unspecified atom stereocenters. The molecule has 3 heterocycles. The Morgan fingerprint density at radius 3 is 2.74 bits per heavy atom. The van der Waals surface area contributed by atoms with Gasteiger partial charge in [0.2, 0.25) is 11.9 Å². The van der Waals surface area contributed by atoms with Gasteiger partial charge >= 0.3 is 0 Å². The second-order valence-corrected chi connectivity index (χ2v) is 4.15. The molecule has 0 aliphatic rings. The Hall–Kier alpha value is -2.64. The Morgan fingerprint density at radius 1 is 1.21 bits per heavy atom. The normalized spacial score (nSPS) is 11.2. The predicted molar refractivity (Wildman–Crippen MR) is 71.6 cm³/mol. The minimum Gasteiger partial charge on any atom is -0.382 e. The number of aromatic nitrogens is 6. The molecular formula is C11H14N8. The largest absolute Gasteiger partial charge is 0.382 e. The molecule has 3 rings (SSSR count). The Labute approximate surface area is 109 Å². The van der Waals surface area contributed by atoms with Crippen molar-refractivity contribution in [3.05, 3.63) is 18.5 Å². The summed E-state index contributed by atoms with van der Waals surface area (Å²) in [6.45, 7) is 2.83. The summed E-state index contributed by atoms with van der Waals surface area (Å²) in [5.41, 5.74) is 12.7. The summed E-state index contributed by atoms with van der Waals surface area (Å²) in [4.78, 5) is 12.6. The van der Waals surface area contributed by atoms with Crippen LogP contribution in [0.2, 0.25) is 0 Å². The van der Waals surface area contributed by atoms with E-state index in [1.165, 1.54) is 0 Å².